The average molecular weight is 526 g/mol. The smallest absolute Gasteiger partial charge is 0.295 e. The predicted octanol–water partition coefficient (Wildman–Crippen LogP) is 5.95. The van der Waals surface area contributed by atoms with Gasteiger partial charge in [0.1, 0.15) is 18.1 Å². The Labute approximate surface area is 219 Å². The molecule has 1 amide bonds. The third kappa shape index (κ3) is 5.41. The van der Waals surface area contributed by atoms with Crippen LogP contribution in [0.1, 0.15) is 28.3 Å². The second-order valence-electron chi connectivity index (χ2n) is 8.46. The number of aliphatic hydroxyl groups is 1. The lowest BCUT2D eigenvalue weighted by Gasteiger charge is -2.25. The lowest BCUT2D eigenvalue weighted by Crippen LogP contribution is -2.32. The van der Waals surface area contributed by atoms with Crippen molar-refractivity contribution in [3.63, 3.8) is 0 Å². The second kappa shape index (κ2) is 11.2. The normalized spacial score (nSPS) is 17.0. The molecule has 186 valence electrons. The van der Waals surface area contributed by atoms with E-state index in [4.69, 9.17) is 32.7 Å². The van der Waals surface area contributed by atoms with E-state index in [0.717, 1.165) is 5.56 Å². The number of nitrogens with zero attached hydrogens (tertiary/aromatic N) is 1. The number of ether oxygens (including phenoxy) is 2. The fourth-order valence-electron chi connectivity index (χ4n) is 4.04. The minimum Gasteiger partial charge on any atom is -0.507 e. The van der Waals surface area contributed by atoms with Crippen molar-refractivity contribution in [2.75, 3.05) is 20.3 Å². The number of carbonyl (C=O) groups excluding carboxylic acids is 2. The Morgan fingerprint density at radius 1 is 0.972 bits per heavy atom. The van der Waals surface area contributed by atoms with Gasteiger partial charge < -0.3 is 19.5 Å². The first-order chi connectivity index (χ1) is 17.3. The van der Waals surface area contributed by atoms with E-state index in [1.165, 1.54) is 29.7 Å². The van der Waals surface area contributed by atoms with Crippen LogP contribution in [0.15, 0.2) is 72.3 Å². The molecule has 8 heteroatoms. The number of hydrogen-bond donors (Lipinski definition) is 1. The summed E-state index contributed by atoms with van der Waals surface area (Å²) in [5.41, 5.74) is 3.13. The van der Waals surface area contributed by atoms with Crippen LogP contribution >= 0.6 is 23.2 Å². The number of benzene rings is 3. The SMILES string of the molecule is COCCN1C(=O)C(=O)/C(=C(\O)c2ccc(Cl)c(Cl)c2)C1c1ccc(OCc2ccc(C)cc2)cc1. The van der Waals surface area contributed by atoms with Crippen molar-refractivity contribution in [2.24, 2.45) is 0 Å². The van der Waals surface area contributed by atoms with Crippen molar-refractivity contribution in [3.8, 4) is 5.75 Å². The van der Waals surface area contributed by atoms with Gasteiger partial charge in [-0.05, 0) is 48.4 Å². The first-order valence-corrected chi connectivity index (χ1v) is 12.1. The summed E-state index contributed by atoms with van der Waals surface area (Å²) >= 11 is 12.1. The van der Waals surface area contributed by atoms with Gasteiger partial charge in [-0.2, -0.15) is 0 Å². The van der Waals surface area contributed by atoms with E-state index in [1.54, 1.807) is 30.3 Å². The first-order valence-electron chi connectivity index (χ1n) is 11.3. The molecule has 0 radical (unpaired) electrons. The van der Waals surface area contributed by atoms with Crippen LogP contribution in [0, 0.1) is 6.92 Å². The third-order valence-corrected chi connectivity index (χ3v) is 6.73. The molecule has 0 saturated carbocycles. The number of aliphatic hydroxyl groups excluding tert-OH is 1. The summed E-state index contributed by atoms with van der Waals surface area (Å²) in [6, 6.07) is 18.9. The molecular weight excluding hydrogens is 501 g/mol. The summed E-state index contributed by atoms with van der Waals surface area (Å²) in [6.45, 7) is 2.84. The van der Waals surface area contributed by atoms with Crippen LogP contribution in [0.3, 0.4) is 0 Å². The highest BCUT2D eigenvalue weighted by atomic mass is 35.5. The van der Waals surface area contributed by atoms with Gasteiger partial charge in [-0.1, -0.05) is 65.2 Å². The molecule has 0 bridgehead atoms. The summed E-state index contributed by atoms with van der Waals surface area (Å²) in [6.07, 6.45) is 0. The lowest BCUT2D eigenvalue weighted by atomic mass is 9.95. The maximum absolute atomic E-state index is 13.0. The minimum atomic E-state index is -0.805. The molecule has 1 unspecified atom stereocenters. The largest absolute Gasteiger partial charge is 0.507 e. The van der Waals surface area contributed by atoms with E-state index in [-0.39, 0.29) is 35.1 Å². The Bertz CT molecular complexity index is 1300. The van der Waals surface area contributed by atoms with Crippen molar-refractivity contribution in [3.05, 3.63) is 105 Å². The van der Waals surface area contributed by atoms with Gasteiger partial charge in [-0.25, -0.2) is 0 Å². The van der Waals surface area contributed by atoms with Crippen LogP contribution in [0.4, 0.5) is 0 Å². The minimum absolute atomic E-state index is 0.0252. The molecule has 0 aliphatic carbocycles. The van der Waals surface area contributed by atoms with Crippen molar-refractivity contribution >= 4 is 40.7 Å². The fraction of sp³-hybridized carbons (Fsp3) is 0.214. The van der Waals surface area contributed by atoms with Gasteiger partial charge in [0.15, 0.2) is 0 Å². The van der Waals surface area contributed by atoms with E-state index in [2.05, 4.69) is 0 Å². The van der Waals surface area contributed by atoms with Gasteiger partial charge in [0, 0.05) is 19.2 Å². The van der Waals surface area contributed by atoms with E-state index < -0.39 is 17.7 Å². The zero-order valence-electron chi connectivity index (χ0n) is 19.8. The summed E-state index contributed by atoms with van der Waals surface area (Å²) in [5.74, 6) is -1.17. The van der Waals surface area contributed by atoms with Crippen LogP contribution < -0.4 is 4.74 Å². The number of carbonyl (C=O) groups is 2. The molecule has 1 saturated heterocycles. The Kier molecular flexibility index (Phi) is 7.99. The van der Waals surface area contributed by atoms with Gasteiger partial charge in [-0.15, -0.1) is 0 Å². The molecule has 0 aromatic heterocycles. The van der Waals surface area contributed by atoms with Gasteiger partial charge in [-0.3, -0.25) is 9.59 Å². The molecule has 1 atom stereocenters. The van der Waals surface area contributed by atoms with Gasteiger partial charge in [0.05, 0.1) is 28.3 Å². The number of hydrogen-bond acceptors (Lipinski definition) is 5. The number of rotatable bonds is 8. The molecule has 1 fully saturated rings. The quantitative estimate of drug-likeness (QED) is 0.223. The zero-order valence-corrected chi connectivity index (χ0v) is 21.3. The number of aryl methyl sites for hydroxylation is 1. The van der Waals surface area contributed by atoms with Gasteiger partial charge in [0.25, 0.3) is 11.7 Å². The fourth-order valence-corrected chi connectivity index (χ4v) is 4.34. The first kappa shape index (κ1) is 25.8. The Hall–Kier alpha value is -3.32. The standard InChI is InChI=1S/C28H25Cl2NO5/c1-17-3-5-18(6-4-17)16-36-21-10-7-19(8-11-21)25-24(27(33)28(34)31(25)13-14-35-2)26(32)20-9-12-22(29)23(30)15-20/h3-12,15,25,32H,13-14,16H2,1-2H3/b26-24-. The second-order valence-corrected chi connectivity index (χ2v) is 9.27. The molecule has 1 aliphatic heterocycles. The van der Waals surface area contributed by atoms with Crippen LogP contribution in [-0.4, -0.2) is 42.0 Å². The van der Waals surface area contributed by atoms with Crippen LogP contribution in [-0.2, 0) is 20.9 Å². The maximum Gasteiger partial charge on any atom is 0.295 e. The number of methoxy groups -OCH3 is 1. The highest BCUT2D eigenvalue weighted by Crippen LogP contribution is 2.40. The molecule has 1 aliphatic rings. The Morgan fingerprint density at radius 3 is 2.31 bits per heavy atom. The summed E-state index contributed by atoms with van der Waals surface area (Å²) in [4.78, 5) is 27.4. The van der Waals surface area contributed by atoms with Crippen molar-refractivity contribution in [1.29, 1.82) is 0 Å². The molecule has 3 aromatic carbocycles. The topological polar surface area (TPSA) is 76.1 Å². The monoisotopic (exact) mass is 525 g/mol. The predicted molar refractivity (Wildman–Crippen MR) is 139 cm³/mol. The molecule has 1 N–H and O–H groups in total. The van der Waals surface area contributed by atoms with Crippen LogP contribution in [0.25, 0.3) is 5.76 Å². The summed E-state index contributed by atoms with van der Waals surface area (Å²) in [5, 5.41) is 11.6. The summed E-state index contributed by atoms with van der Waals surface area (Å²) < 4.78 is 11.0. The maximum atomic E-state index is 13.0. The molecule has 0 spiro atoms. The zero-order chi connectivity index (χ0) is 25.8. The van der Waals surface area contributed by atoms with Gasteiger partial charge in [0.2, 0.25) is 0 Å². The van der Waals surface area contributed by atoms with E-state index >= 15 is 0 Å². The number of amides is 1. The summed E-state index contributed by atoms with van der Waals surface area (Å²) in [7, 11) is 1.52. The van der Waals surface area contributed by atoms with E-state index in [0.29, 0.717) is 22.9 Å². The number of likely N-dealkylation sites (tertiary alicyclic amines) is 1. The van der Waals surface area contributed by atoms with Crippen molar-refractivity contribution in [2.45, 2.75) is 19.6 Å². The molecular formula is C28H25Cl2NO5. The lowest BCUT2D eigenvalue weighted by molar-refractivity contribution is -0.140. The Morgan fingerprint density at radius 2 is 1.67 bits per heavy atom. The number of Topliss-reactive ketones (excluding diaryl/α,β-unsaturated/α-hetero) is 1. The van der Waals surface area contributed by atoms with E-state index in [1.807, 2.05) is 31.2 Å². The highest BCUT2D eigenvalue weighted by molar-refractivity contribution is 6.46. The highest BCUT2D eigenvalue weighted by Gasteiger charge is 2.45. The number of ketones is 1. The third-order valence-electron chi connectivity index (χ3n) is 5.99. The van der Waals surface area contributed by atoms with Crippen LogP contribution in [0.5, 0.6) is 5.75 Å². The Balaban J connectivity index is 1.67. The average Bonchev–Trinajstić information content (AvgIpc) is 3.13. The molecule has 1 heterocycles. The van der Waals surface area contributed by atoms with Gasteiger partial charge >= 0.3 is 0 Å². The molecule has 36 heavy (non-hydrogen) atoms. The van der Waals surface area contributed by atoms with Crippen molar-refractivity contribution < 1.29 is 24.2 Å². The van der Waals surface area contributed by atoms with Crippen molar-refractivity contribution in [1.82, 2.24) is 4.90 Å². The molecule has 3 aromatic rings. The molecule has 6 nitrogen and oxygen atoms in total. The molecule has 4 rings (SSSR count). The van der Waals surface area contributed by atoms with E-state index in [9.17, 15) is 14.7 Å². The number of halogens is 2. The van der Waals surface area contributed by atoms with Crippen LogP contribution in [0.2, 0.25) is 10.0 Å².